The summed E-state index contributed by atoms with van der Waals surface area (Å²) >= 11 is 0. The van der Waals surface area contributed by atoms with Crippen molar-refractivity contribution in [3.63, 3.8) is 0 Å². The highest BCUT2D eigenvalue weighted by atomic mass is 16.5. The van der Waals surface area contributed by atoms with Gasteiger partial charge < -0.3 is 10.5 Å². The lowest BCUT2D eigenvalue weighted by Gasteiger charge is -2.04. The van der Waals surface area contributed by atoms with E-state index in [0.29, 0.717) is 17.7 Å². The lowest BCUT2D eigenvalue weighted by atomic mass is 10.1. The Labute approximate surface area is 84.3 Å². The molecule has 0 aliphatic heterocycles. The third-order valence-electron chi connectivity index (χ3n) is 2.81. The van der Waals surface area contributed by atoms with E-state index in [0.717, 1.165) is 12.2 Å². The van der Waals surface area contributed by atoms with E-state index in [2.05, 4.69) is 11.1 Å². The summed E-state index contributed by atoms with van der Waals surface area (Å²) in [5, 5.41) is 0. The summed E-state index contributed by atoms with van der Waals surface area (Å²) < 4.78 is 5.14. The standard InChI is InChI=1S/C11H16N2O/c1-7-3-8(5-11(13-7)14-2)10-4-9(10)6-12/h3,5,9-10H,4,6,12H2,1-2H3. The van der Waals surface area contributed by atoms with Crippen molar-refractivity contribution in [2.75, 3.05) is 13.7 Å². The number of nitrogens with zero attached hydrogens (tertiary/aromatic N) is 1. The van der Waals surface area contributed by atoms with Gasteiger partial charge in [0.15, 0.2) is 0 Å². The lowest BCUT2D eigenvalue weighted by Crippen LogP contribution is -2.02. The normalized spacial score (nSPS) is 24.8. The van der Waals surface area contributed by atoms with Crippen molar-refractivity contribution in [1.29, 1.82) is 0 Å². The molecule has 1 heterocycles. The molecule has 3 heteroatoms. The fraction of sp³-hybridized carbons (Fsp3) is 0.545. The summed E-state index contributed by atoms with van der Waals surface area (Å²) in [7, 11) is 1.65. The molecule has 0 bridgehead atoms. The van der Waals surface area contributed by atoms with Crippen LogP contribution in [-0.2, 0) is 0 Å². The Kier molecular flexibility index (Phi) is 2.42. The SMILES string of the molecule is COc1cc(C2CC2CN)cc(C)n1. The summed E-state index contributed by atoms with van der Waals surface area (Å²) in [6, 6.07) is 4.15. The van der Waals surface area contributed by atoms with Crippen LogP contribution in [-0.4, -0.2) is 18.6 Å². The Balaban J connectivity index is 2.22. The Hall–Kier alpha value is -1.09. The van der Waals surface area contributed by atoms with Gasteiger partial charge in [0.2, 0.25) is 5.88 Å². The van der Waals surface area contributed by atoms with Crippen LogP contribution in [0.4, 0.5) is 0 Å². The molecule has 0 amide bonds. The first-order chi connectivity index (χ1) is 6.74. The number of hydrogen-bond acceptors (Lipinski definition) is 3. The molecule has 2 atom stereocenters. The highest BCUT2D eigenvalue weighted by Gasteiger charge is 2.37. The predicted octanol–water partition coefficient (Wildman–Crippen LogP) is 1.46. The van der Waals surface area contributed by atoms with Gasteiger partial charge in [0.25, 0.3) is 0 Å². The molecule has 2 N–H and O–H groups in total. The van der Waals surface area contributed by atoms with Crippen LogP contribution >= 0.6 is 0 Å². The van der Waals surface area contributed by atoms with Crippen molar-refractivity contribution < 1.29 is 4.74 Å². The van der Waals surface area contributed by atoms with Crippen molar-refractivity contribution in [2.45, 2.75) is 19.3 Å². The average Bonchev–Trinajstić information content (AvgIpc) is 2.95. The van der Waals surface area contributed by atoms with Gasteiger partial charge in [-0.05, 0) is 43.4 Å². The summed E-state index contributed by atoms with van der Waals surface area (Å²) in [5.41, 5.74) is 7.96. The highest BCUT2D eigenvalue weighted by Crippen LogP contribution is 2.47. The topological polar surface area (TPSA) is 48.1 Å². The zero-order valence-electron chi connectivity index (χ0n) is 8.66. The van der Waals surface area contributed by atoms with E-state index in [4.69, 9.17) is 10.5 Å². The Morgan fingerprint density at radius 1 is 1.57 bits per heavy atom. The lowest BCUT2D eigenvalue weighted by molar-refractivity contribution is 0.396. The number of hydrogen-bond donors (Lipinski definition) is 1. The monoisotopic (exact) mass is 192 g/mol. The summed E-state index contributed by atoms with van der Waals surface area (Å²) in [6.45, 7) is 2.78. The Morgan fingerprint density at radius 3 is 2.93 bits per heavy atom. The molecule has 0 saturated heterocycles. The summed E-state index contributed by atoms with van der Waals surface area (Å²) in [4.78, 5) is 4.26. The Bertz CT molecular complexity index is 338. The van der Waals surface area contributed by atoms with E-state index < -0.39 is 0 Å². The first-order valence-corrected chi connectivity index (χ1v) is 4.97. The van der Waals surface area contributed by atoms with Gasteiger partial charge >= 0.3 is 0 Å². The molecule has 1 aliphatic rings. The number of ether oxygens (including phenoxy) is 1. The smallest absolute Gasteiger partial charge is 0.213 e. The van der Waals surface area contributed by atoms with Gasteiger partial charge in [0.1, 0.15) is 0 Å². The van der Waals surface area contributed by atoms with Crippen LogP contribution in [0.3, 0.4) is 0 Å². The molecular weight excluding hydrogens is 176 g/mol. The second kappa shape index (κ2) is 3.58. The second-order valence-corrected chi connectivity index (χ2v) is 3.92. The summed E-state index contributed by atoms with van der Waals surface area (Å²) in [6.07, 6.45) is 1.21. The van der Waals surface area contributed by atoms with Crippen LogP contribution in [0.1, 0.15) is 23.6 Å². The highest BCUT2D eigenvalue weighted by molar-refractivity contribution is 5.31. The van der Waals surface area contributed by atoms with Crippen molar-refractivity contribution >= 4 is 0 Å². The van der Waals surface area contributed by atoms with E-state index in [1.165, 1.54) is 12.0 Å². The minimum absolute atomic E-state index is 0.635. The van der Waals surface area contributed by atoms with Gasteiger partial charge in [-0.25, -0.2) is 4.98 Å². The minimum Gasteiger partial charge on any atom is -0.481 e. The number of aryl methyl sites for hydroxylation is 1. The van der Waals surface area contributed by atoms with E-state index in [1.54, 1.807) is 7.11 Å². The molecule has 0 spiro atoms. The molecule has 1 saturated carbocycles. The van der Waals surface area contributed by atoms with Crippen LogP contribution in [0.25, 0.3) is 0 Å². The number of nitrogens with two attached hydrogens (primary N) is 1. The molecule has 0 aromatic carbocycles. The fourth-order valence-electron chi connectivity index (χ4n) is 1.90. The van der Waals surface area contributed by atoms with Crippen molar-refractivity contribution in [2.24, 2.45) is 11.7 Å². The number of pyridine rings is 1. The first kappa shape index (κ1) is 9.46. The Morgan fingerprint density at radius 2 is 2.36 bits per heavy atom. The van der Waals surface area contributed by atoms with Gasteiger partial charge in [-0.2, -0.15) is 0 Å². The maximum atomic E-state index is 5.62. The molecule has 14 heavy (non-hydrogen) atoms. The molecule has 1 aliphatic carbocycles. The molecule has 0 radical (unpaired) electrons. The molecule has 3 nitrogen and oxygen atoms in total. The predicted molar refractivity (Wildman–Crippen MR) is 55.4 cm³/mol. The van der Waals surface area contributed by atoms with Crippen LogP contribution in [0.5, 0.6) is 5.88 Å². The third kappa shape index (κ3) is 1.73. The molecule has 76 valence electrons. The van der Waals surface area contributed by atoms with E-state index in [1.807, 2.05) is 13.0 Å². The van der Waals surface area contributed by atoms with Gasteiger partial charge in [-0.1, -0.05) is 0 Å². The number of methoxy groups -OCH3 is 1. The van der Waals surface area contributed by atoms with Crippen LogP contribution < -0.4 is 10.5 Å². The average molecular weight is 192 g/mol. The third-order valence-corrected chi connectivity index (χ3v) is 2.81. The number of aromatic nitrogens is 1. The van der Waals surface area contributed by atoms with Gasteiger partial charge in [-0.3, -0.25) is 0 Å². The molecule has 1 aromatic rings. The van der Waals surface area contributed by atoms with Gasteiger partial charge in [-0.15, -0.1) is 0 Å². The molecule has 1 fully saturated rings. The number of rotatable bonds is 3. The van der Waals surface area contributed by atoms with Crippen LogP contribution in [0.2, 0.25) is 0 Å². The fourth-order valence-corrected chi connectivity index (χ4v) is 1.90. The molecule has 2 rings (SSSR count). The minimum atomic E-state index is 0.635. The molecular formula is C11H16N2O. The summed E-state index contributed by atoms with van der Waals surface area (Å²) in [5.74, 6) is 2.01. The zero-order valence-corrected chi connectivity index (χ0v) is 8.66. The van der Waals surface area contributed by atoms with Crippen molar-refractivity contribution in [3.8, 4) is 5.88 Å². The maximum Gasteiger partial charge on any atom is 0.213 e. The van der Waals surface area contributed by atoms with E-state index >= 15 is 0 Å². The first-order valence-electron chi connectivity index (χ1n) is 4.97. The second-order valence-electron chi connectivity index (χ2n) is 3.92. The largest absolute Gasteiger partial charge is 0.481 e. The van der Waals surface area contributed by atoms with Crippen molar-refractivity contribution in [3.05, 3.63) is 23.4 Å². The van der Waals surface area contributed by atoms with Gasteiger partial charge in [0, 0.05) is 11.8 Å². The quantitative estimate of drug-likeness (QED) is 0.788. The molecule has 2 unspecified atom stereocenters. The van der Waals surface area contributed by atoms with Crippen LogP contribution in [0, 0.1) is 12.8 Å². The van der Waals surface area contributed by atoms with Crippen LogP contribution in [0.15, 0.2) is 12.1 Å². The zero-order chi connectivity index (χ0) is 10.1. The van der Waals surface area contributed by atoms with Crippen molar-refractivity contribution in [1.82, 2.24) is 4.98 Å². The maximum absolute atomic E-state index is 5.62. The molecule has 1 aromatic heterocycles. The van der Waals surface area contributed by atoms with Gasteiger partial charge in [0.05, 0.1) is 7.11 Å². The van der Waals surface area contributed by atoms with E-state index in [9.17, 15) is 0 Å². The van der Waals surface area contributed by atoms with E-state index in [-0.39, 0.29) is 0 Å².